The number of aryl methyl sites for hydroxylation is 1. The molecule has 2 nitrogen and oxygen atoms in total. The molecule has 0 amide bonds. The van der Waals surface area contributed by atoms with Crippen molar-refractivity contribution in [2.24, 2.45) is 0 Å². The van der Waals surface area contributed by atoms with Crippen LogP contribution in [0, 0.1) is 18.6 Å². The Kier molecular flexibility index (Phi) is 7.29. The molecule has 5 heteroatoms. The van der Waals surface area contributed by atoms with Gasteiger partial charge in [-0.3, -0.25) is 9.78 Å². The number of rotatable bonds is 8. The summed E-state index contributed by atoms with van der Waals surface area (Å²) in [7, 11) is 0. The van der Waals surface area contributed by atoms with Gasteiger partial charge in [-0.1, -0.05) is 54.1 Å². The highest BCUT2D eigenvalue weighted by molar-refractivity contribution is 6.30. The van der Waals surface area contributed by atoms with Crippen LogP contribution in [0.25, 0.3) is 16.7 Å². The Labute approximate surface area is 220 Å². The zero-order valence-electron chi connectivity index (χ0n) is 20.5. The van der Waals surface area contributed by atoms with E-state index >= 15 is 0 Å². The van der Waals surface area contributed by atoms with Crippen molar-refractivity contribution in [2.45, 2.75) is 38.5 Å². The van der Waals surface area contributed by atoms with E-state index in [4.69, 9.17) is 11.6 Å². The first-order valence-corrected chi connectivity index (χ1v) is 12.7. The van der Waals surface area contributed by atoms with Crippen LogP contribution in [0.15, 0.2) is 85.1 Å². The molecule has 0 spiro atoms. The Balaban J connectivity index is 1.47. The largest absolute Gasteiger partial charge is 0.299 e. The summed E-state index contributed by atoms with van der Waals surface area (Å²) in [5.41, 5.74) is 7.62. The van der Waals surface area contributed by atoms with Gasteiger partial charge < -0.3 is 0 Å². The van der Waals surface area contributed by atoms with E-state index in [1.165, 1.54) is 23.3 Å². The number of hydrogen-bond donors (Lipinski definition) is 0. The normalized spacial score (nSPS) is 13.2. The van der Waals surface area contributed by atoms with E-state index in [2.05, 4.69) is 30.1 Å². The van der Waals surface area contributed by atoms with E-state index in [0.717, 1.165) is 40.4 Å². The number of hydrogen-bond acceptors (Lipinski definition) is 2. The van der Waals surface area contributed by atoms with E-state index in [1.807, 2.05) is 42.5 Å². The number of nitrogens with zero attached hydrogens (tertiary/aromatic N) is 1. The maximum atomic E-state index is 14.0. The molecule has 0 unspecified atom stereocenters. The molecule has 0 saturated heterocycles. The molecule has 1 atom stereocenters. The summed E-state index contributed by atoms with van der Waals surface area (Å²) in [6, 6.07) is 20.9. The molecular weight excluding hydrogens is 488 g/mol. The molecule has 0 radical (unpaired) electrons. The second-order valence-corrected chi connectivity index (χ2v) is 10.0. The average molecular weight is 514 g/mol. The van der Waals surface area contributed by atoms with E-state index in [0.29, 0.717) is 17.0 Å². The lowest BCUT2D eigenvalue weighted by Crippen LogP contribution is -2.13. The zero-order chi connectivity index (χ0) is 25.9. The Hall–Kier alpha value is -3.63. The highest BCUT2D eigenvalue weighted by atomic mass is 35.5. The number of allylic oxidation sites excluding steroid dienone is 2. The first-order valence-electron chi connectivity index (χ1n) is 12.3. The van der Waals surface area contributed by atoms with Gasteiger partial charge in [0.2, 0.25) is 0 Å². The van der Waals surface area contributed by atoms with Crippen LogP contribution in [0.5, 0.6) is 0 Å². The summed E-state index contributed by atoms with van der Waals surface area (Å²) < 4.78 is 28.1. The predicted octanol–water partition coefficient (Wildman–Crippen LogP) is 8.30. The van der Waals surface area contributed by atoms with Crippen molar-refractivity contribution in [3.8, 4) is 11.1 Å². The number of carbonyl (C=O) groups is 1. The molecule has 1 aliphatic carbocycles. The molecule has 1 aromatic heterocycles. The minimum absolute atomic E-state index is 0.0666. The van der Waals surface area contributed by atoms with Gasteiger partial charge in [0.15, 0.2) is 0 Å². The molecule has 0 aliphatic heterocycles. The van der Waals surface area contributed by atoms with Gasteiger partial charge in [-0.2, -0.15) is 0 Å². The summed E-state index contributed by atoms with van der Waals surface area (Å²) in [5.74, 6) is -1.57. The predicted molar refractivity (Wildman–Crippen MR) is 145 cm³/mol. The Morgan fingerprint density at radius 3 is 2.51 bits per heavy atom. The maximum absolute atomic E-state index is 14.0. The quantitative estimate of drug-likeness (QED) is 0.237. The van der Waals surface area contributed by atoms with Crippen LogP contribution >= 0.6 is 11.6 Å². The van der Waals surface area contributed by atoms with Gasteiger partial charge >= 0.3 is 0 Å². The topological polar surface area (TPSA) is 30.0 Å². The monoisotopic (exact) mass is 513 g/mol. The van der Waals surface area contributed by atoms with Gasteiger partial charge in [0, 0.05) is 41.6 Å². The Bertz CT molecular complexity index is 1470. The molecule has 0 fully saturated rings. The van der Waals surface area contributed by atoms with Crippen molar-refractivity contribution in [3.05, 3.63) is 130 Å². The molecule has 0 bridgehead atoms. The van der Waals surface area contributed by atoms with Crippen LogP contribution in [0.4, 0.5) is 8.78 Å². The molecule has 1 aliphatic rings. The first kappa shape index (κ1) is 25.0. The summed E-state index contributed by atoms with van der Waals surface area (Å²) >= 11 is 6.10. The van der Waals surface area contributed by atoms with E-state index in [1.54, 1.807) is 6.20 Å². The SMILES string of the molecule is Cc1cccc2c1C(CC(=O)C[C@@H](Cc1cc(F)cc(F)c1)c1ncccc1-c1ccc(Cl)cc1)=CC2. The fourth-order valence-corrected chi connectivity index (χ4v) is 5.43. The smallest absolute Gasteiger partial charge is 0.137 e. The molecule has 0 N–H and O–H groups in total. The second-order valence-electron chi connectivity index (χ2n) is 9.58. The standard InChI is InChI=1S/C32H26ClF2NO/c1-20-4-2-5-23-7-8-24(31(20)23)17-29(37)18-25(14-21-15-27(34)19-28(35)16-21)32-30(6-3-13-36-32)22-9-11-26(33)12-10-22/h2-6,8-13,15-16,19,25H,7,14,17-18H2,1H3/t25-/m1/s1. The number of ketones is 1. The van der Waals surface area contributed by atoms with Crippen LogP contribution in [-0.4, -0.2) is 10.8 Å². The zero-order valence-corrected chi connectivity index (χ0v) is 21.2. The summed E-state index contributed by atoms with van der Waals surface area (Å²) in [6.45, 7) is 2.07. The number of pyridine rings is 1. The number of benzene rings is 3. The highest BCUT2D eigenvalue weighted by Gasteiger charge is 2.25. The number of Topliss-reactive ketones (excluding diaryl/α,β-unsaturated/α-hetero) is 1. The fraction of sp³-hybridized carbons (Fsp3) is 0.188. The van der Waals surface area contributed by atoms with Gasteiger partial charge in [-0.15, -0.1) is 0 Å². The molecule has 5 rings (SSSR count). The Morgan fingerprint density at radius 1 is 1.00 bits per heavy atom. The van der Waals surface area contributed by atoms with Crippen molar-refractivity contribution < 1.29 is 13.6 Å². The second kappa shape index (κ2) is 10.8. The van der Waals surface area contributed by atoms with Crippen molar-refractivity contribution in [1.29, 1.82) is 0 Å². The molecule has 0 saturated carbocycles. The molecule has 37 heavy (non-hydrogen) atoms. The molecule has 4 aromatic rings. The minimum atomic E-state index is -0.637. The molecule has 3 aromatic carbocycles. The van der Waals surface area contributed by atoms with Gasteiger partial charge in [0.05, 0.1) is 5.69 Å². The van der Waals surface area contributed by atoms with Crippen molar-refractivity contribution in [3.63, 3.8) is 0 Å². The number of aromatic nitrogens is 1. The molecule has 1 heterocycles. The third kappa shape index (κ3) is 5.70. The van der Waals surface area contributed by atoms with Gasteiger partial charge in [-0.05, 0) is 83.5 Å². The van der Waals surface area contributed by atoms with Crippen molar-refractivity contribution in [1.82, 2.24) is 4.98 Å². The summed E-state index contributed by atoms with van der Waals surface area (Å²) in [5, 5.41) is 0.622. The maximum Gasteiger partial charge on any atom is 0.137 e. The number of fused-ring (bicyclic) bond motifs is 1. The third-order valence-electron chi connectivity index (χ3n) is 6.90. The Morgan fingerprint density at radius 2 is 1.76 bits per heavy atom. The lowest BCUT2D eigenvalue weighted by Gasteiger charge is -2.20. The lowest BCUT2D eigenvalue weighted by molar-refractivity contribution is -0.118. The lowest BCUT2D eigenvalue weighted by atomic mass is 9.85. The van der Waals surface area contributed by atoms with Gasteiger partial charge in [-0.25, -0.2) is 8.78 Å². The van der Waals surface area contributed by atoms with E-state index in [9.17, 15) is 13.6 Å². The number of carbonyl (C=O) groups excluding carboxylic acids is 1. The molecular formula is C32H26ClF2NO. The minimum Gasteiger partial charge on any atom is -0.299 e. The van der Waals surface area contributed by atoms with Crippen LogP contribution in [0.3, 0.4) is 0 Å². The van der Waals surface area contributed by atoms with E-state index < -0.39 is 11.6 Å². The molecule has 186 valence electrons. The van der Waals surface area contributed by atoms with Crippen molar-refractivity contribution >= 4 is 23.0 Å². The first-order chi connectivity index (χ1) is 17.9. The van der Waals surface area contributed by atoms with E-state index in [-0.39, 0.29) is 24.5 Å². The summed E-state index contributed by atoms with van der Waals surface area (Å²) in [4.78, 5) is 18.2. The van der Waals surface area contributed by atoms with Crippen LogP contribution < -0.4 is 0 Å². The van der Waals surface area contributed by atoms with Crippen LogP contribution in [0.1, 0.15) is 46.7 Å². The fourth-order valence-electron chi connectivity index (χ4n) is 5.31. The van der Waals surface area contributed by atoms with Crippen LogP contribution in [-0.2, 0) is 17.6 Å². The number of halogens is 3. The highest BCUT2D eigenvalue weighted by Crippen LogP contribution is 2.36. The van der Waals surface area contributed by atoms with Gasteiger partial charge in [0.25, 0.3) is 0 Å². The third-order valence-corrected chi connectivity index (χ3v) is 7.15. The summed E-state index contributed by atoms with van der Waals surface area (Å²) in [6.07, 6.45) is 5.45. The van der Waals surface area contributed by atoms with Gasteiger partial charge in [0.1, 0.15) is 17.4 Å². The average Bonchev–Trinajstić information content (AvgIpc) is 3.27. The van der Waals surface area contributed by atoms with Crippen molar-refractivity contribution in [2.75, 3.05) is 0 Å². The van der Waals surface area contributed by atoms with Crippen LogP contribution in [0.2, 0.25) is 5.02 Å².